The number of aliphatic hydroxyl groups is 1. The predicted octanol–water partition coefficient (Wildman–Crippen LogP) is 2.02. The van der Waals surface area contributed by atoms with Crippen LogP contribution in [-0.4, -0.2) is 23.5 Å². The maximum absolute atomic E-state index is 12.3. The van der Waals surface area contributed by atoms with Crippen molar-refractivity contribution >= 4 is 17.5 Å². The first-order valence-corrected chi connectivity index (χ1v) is 6.90. The number of hydrogen-bond acceptors (Lipinski definition) is 3. The third-order valence-electron chi connectivity index (χ3n) is 3.51. The third kappa shape index (κ3) is 3.32. The molecule has 4 heteroatoms. The van der Waals surface area contributed by atoms with E-state index in [4.69, 9.17) is 5.11 Å². The summed E-state index contributed by atoms with van der Waals surface area (Å²) in [6.07, 6.45) is 0.731. The van der Waals surface area contributed by atoms with E-state index in [0.29, 0.717) is 18.5 Å². The van der Waals surface area contributed by atoms with Crippen LogP contribution in [-0.2, 0) is 9.59 Å². The Kier molecular flexibility index (Phi) is 4.15. The fourth-order valence-corrected chi connectivity index (χ4v) is 2.57. The first kappa shape index (κ1) is 15.3. The van der Waals surface area contributed by atoms with Crippen LogP contribution in [0, 0.1) is 24.2 Å². The van der Waals surface area contributed by atoms with Crippen LogP contribution in [0.3, 0.4) is 0 Å². The Hall–Kier alpha value is -2.12. The molecule has 0 aromatic heterocycles. The van der Waals surface area contributed by atoms with E-state index in [-0.39, 0.29) is 23.8 Å². The highest BCUT2D eigenvalue weighted by Gasteiger charge is 2.38. The lowest BCUT2D eigenvalue weighted by atomic mass is 9.81. The van der Waals surface area contributed by atoms with Crippen LogP contribution in [0.15, 0.2) is 18.2 Å². The monoisotopic (exact) mass is 285 g/mol. The van der Waals surface area contributed by atoms with E-state index in [2.05, 4.69) is 11.8 Å². The Balaban J connectivity index is 2.34. The standard InChI is InChI=1S/C17H19NO3/c1-12-9-13(5-4-8-19)6-7-14(12)18-15(20)10-17(2,3)11-16(18)21/h6-7,9,19H,8,10-11H2,1-3H3. The second-order valence-corrected chi connectivity index (χ2v) is 6.10. The lowest BCUT2D eigenvalue weighted by Gasteiger charge is -2.35. The number of carbonyl (C=O) groups is 2. The molecule has 1 aliphatic heterocycles. The van der Waals surface area contributed by atoms with Crippen LogP contribution in [0.4, 0.5) is 5.69 Å². The maximum Gasteiger partial charge on any atom is 0.234 e. The molecule has 4 nitrogen and oxygen atoms in total. The van der Waals surface area contributed by atoms with Crippen molar-refractivity contribution in [2.75, 3.05) is 11.5 Å². The first-order valence-electron chi connectivity index (χ1n) is 6.90. The highest BCUT2D eigenvalue weighted by Crippen LogP contribution is 2.35. The van der Waals surface area contributed by atoms with Crippen molar-refractivity contribution in [3.63, 3.8) is 0 Å². The predicted molar refractivity (Wildman–Crippen MR) is 80.7 cm³/mol. The molecule has 0 unspecified atom stereocenters. The van der Waals surface area contributed by atoms with E-state index in [1.54, 1.807) is 12.1 Å². The number of carbonyl (C=O) groups excluding carboxylic acids is 2. The molecule has 110 valence electrons. The summed E-state index contributed by atoms with van der Waals surface area (Å²) in [6.45, 7) is 5.51. The number of imide groups is 1. The van der Waals surface area contributed by atoms with Crippen LogP contribution in [0.5, 0.6) is 0 Å². The molecule has 1 aliphatic rings. The molecule has 1 fully saturated rings. The number of amides is 2. The van der Waals surface area contributed by atoms with E-state index >= 15 is 0 Å². The van der Waals surface area contributed by atoms with Gasteiger partial charge in [0.1, 0.15) is 6.61 Å². The lowest BCUT2D eigenvalue weighted by molar-refractivity contribution is -0.132. The molecular formula is C17H19NO3. The summed E-state index contributed by atoms with van der Waals surface area (Å²) in [5.41, 5.74) is 1.92. The molecule has 0 radical (unpaired) electrons. The summed E-state index contributed by atoms with van der Waals surface area (Å²) in [6, 6.07) is 5.31. The number of benzene rings is 1. The Bertz CT molecular complexity index is 630. The number of piperidine rings is 1. The van der Waals surface area contributed by atoms with E-state index < -0.39 is 0 Å². The smallest absolute Gasteiger partial charge is 0.234 e. The molecule has 1 aromatic carbocycles. The number of nitrogens with zero attached hydrogens (tertiary/aromatic N) is 1. The second-order valence-electron chi connectivity index (χ2n) is 6.10. The van der Waals surface area contributed by atoms with Crippen LogP contribution >= 0.6 is 0 Å². The second kappa shape index (κ2) is 5.71. The van der Waals surface area contributed by atoms with Gasteiger partial charge in [-0.05, 0) is 36.1 Å². The first-order chi connectivity index (χ1) is 9.84. The van der Waals surface area contributed by atoms with Crippen LogP contribution in [0.2, 0.25) is 0 Å². The summed E-state index contributed by atoms with van der Waals surface area (Å²) < 4.78 is 0. The van der Waals surface area contributed by atoms with Crippen molar-refractivity contribution in [2.45, 2.75) is 33.6 Å². The molecule has 1 aromatic rings. The van der Waals surface area contributed by atoms with Crippen LogP contribution in [0.25, 0.3) is 0 Å². The minimum atomic E-state index is -0.273. The van der Waals surface area contributed by atoms with Crippen LogP contribution < -0.4 is 4.90 Å². The summed E-state index contributed by atoms with van der Waals surface area (Å²) in [4.78, 5) is 25.8. The van der Waals surface area contributed by atoms with Crippen molar-refractivity contribution in [3.05, 3.63) is 29.3 Å². The van der Waals surface area contributed by atoms with E-state index in [0.717, 1.165) is 11.1 Å². The largest absolute Gasteiger partial charge is 0.384 e. The fraction of sp³-hybridized carbons (Fsp3) is 0.412. The third-order valence-corrected chi connectivity index (χ3v) is 3.51. The van der Waals surface area contributed by atoms with Crippen molar-refractivity contribution in [3.8, 4) is 11.8 Å². The SMILES string of the molecule is Cc1cc(C#CCO)ccc1N1C(=O)CC(C)(C)CC1=O. The Morgan fingerprint density at radius 3 is 2.38 bits per heavy atom. The summed E-state index contributed by atoms with van der Waals surface area (Å²) in [7, 11) is 0. The van der Waals surface area contributed by atoms with Gasteiger partial charge in [0, 0.05) is 18.4 Å². The number of aliphatic hydroxyl groups excluding tert-OH is 1. The number of anilines is 1. The van der Waals surface area contributed by atoms with Gasteiger partial charge in [-0.15, -0.1) is 0 Å². The van der Waals surface area contributed by atoms with Crippen molar-refractivity contribution in [2.24, 2.45) is 5.41 Å². The molecule has 0 atom stereocenters. The zero-order valence-corrected chi connectivity index (χ0v) is 12.6. The minimum absolute atomic E-state index is 0.159. The van der Waals surface area contributed by atoms with Gasteiger partial charge in [-0.3, -0.25) is 14.5 Å². The normalized spacial score (nSPS) is 17.4. The van der Waals surface area contributed by atoms with E-state index in [1.165, 1.54) is 4.90 Å². The molecule has 1 heterocycles. The van der Waals surface area contributed by atoms with Gasteiger partial charge in [0.2, 0.25) is 11.8 Å². The van der Waals surface area contributed by atoms with E-state index in [1.807, 2.05) is 26.8 Å². The Labute approximate surface area is 124 Å². The van der Waals surface area contributed by atoms with Crippen molar-refractivity contribution in [1.29, 1.82) is 0 Å². The Morgan fingerprint density at radius 2 is 1.86 bits per heavy atom. The maximum atomic E-state index is 12.3. The number of aryl methyl sites for hydroxylation is 1. The van der Waals surface area contributed by atoms with Gasteiger partial charge in [0.15, 0.2) is 0 Å². The van der Waals surface area contributed by atoms with Gasteiger partial charge >= 0.3 is 0 Å². The van der Waals surface area contributed by atoms with Gasteiger partial charge in [-0.2, -0.15) is 0 Å². The molecule has 0 spiro atoms. The molecule has 21 heavy (non-hydrogen) atoms. The van der Waals surface area contributed by atoms with Gasteiger partial charge < -0.3 is 5.11 Å². The molecule has 1 N–H and O–H groups in total. The zero-order valence-electron chi connectivity index (χ0n) is 12.6. The molecule has 0 bridgehead atoms. The lowest BCUT2D eigenvalue weighted by Crippen LogP contribution is -2.46. The topological polar surface area (TPSA) is 57.6 Å². The average molecular weight is 285 g/mol. The summed E-state index contributed by atoms with van der Waals surface area (Å²) in [5.74, 6) is 5.07. The zero-order chi connectivity index (χ0) is 15.6. The molecular weight excluding hydrogens is 266 g/mol. The van der Waals surface area contributed by atoms with E-state index in [9.17, 15) is 9.59 Å². The molecule has 0 saturated carbocycles. The van der Waals surface area contributed by atoms with Gasteiger partial charge in [0.25, 0.3) is 0 Å². The van der Waals surface area contributed by atoms with Crippen LogP contribution in [0.1, 0.15) is 37.8 Å². The molecule has 2 amide bonds. The quantitative estimate of drug-likeness (QED) is 0.634. The van der Waals surface area contributed by atoms with Gasteiger partial charge in [-0.25, -0.2) is 0 Å². The van der Waals surface area contributed by atoms with Gasteiger partial charge in [0.05, 0.1) is 5.69 Å². The average Bonchev–Trinajstić information content (AvgIpc) is 2.36. The minimum Gasteiger partial charge on any atom is -0.384 e. The van der Waals surface area contributed by atoms with Crippen molar-refractivity contribution in [1.82, 2.24) is 0 Å². The van der Waals surface area contributed by atoms with Crippen molar-refractivity contribution < 1.29 is 14.7 Å². The Morgan fingerprint density at radius 1 is 1.24 bits per heavy atom. The highest BCUT2D eigenvalue weighted by molar-refractivity contribution is 6.17. The highest BCUT2D eigenvalue weighted by atomic mass is 16.2. The molecule has 0 aliphatic carbocycles. The number of hydrogen-bond donors (Lipinski definition) is 1. The summed E-state index contributed by atoms with van der Waals surface area (Å²) in [5, 5.41) is 8.70. The summed E-state index contributed by atoms with van der Waals surface area (Å²) >= 11 is 0. The molecule has 2 rings (SSSR count). The fourth-order valence-electron chi connectivity index (χ4n) is 2.57. The number of rotatable bonds is 1. The molecule has 1 saturated heterocycles. The van der Waals surface area contributed by atoms with Gasteiger partial charge in [-0.1, -0.05) is 25.7 Å².